The molecule has 94 valence electrons. The van der Waals surface area contributed by atoms with E-state index in [-0.39, 0.29) is 0 Å². The first-order valence-corrected chi connectivity index (χ1v) is 6.28. The van der Waals surface area contributed by atoms with Crippen LogP contribution in [0.25, 0.3) is 0 Å². The van der Waals surface area contributed by atoms with Gasteiger partial charge in [0.1, 0.15) is 12.4 Å². The highest BCUT2D eigenvalue weighted by atomic mass is 19.1. The van der Waals surface area contributed by atoms with Gasteiger partial charge in [-0.3, -0.25) is 0 Å². The summed E-state index contributed by atoms with van der Waals surface area (Å²) >= 11 is 0. The number of benzene rings is 1. The van der Waals surface area contributed by atoms with Crippen molar-refractivity contribution in [2.75, 3.05) is 13.7 Å². The molecule has 3 heteroatoms. The number of hydrogen-bond donors (Lipinski definition) is 1. The van der Waals surface area contributed by atoms with Crippen LogP contribution in [0, 0.1) is 0 Å². The highest BCUT2D eigenvalue weighted by Crippen LogP contribution is 2.22. The van der Waals surface area contributed by atoms with Crippen LogP contribution in [0.5, 0.6) is 5.75 Å². The second-order valence-electron chi connectivity index (χ2n) is 4.63. The van der Waals surface area contributed by atoms with E-state index < -0.39 is 6.67 Å². The van der Waals surface area contributed by atoms with E-state index in [1.165, 1.54) is 24.8 Å². The van der Waals surface area contributed by atoms with E-state index in [9.17, 15) is 4.39 Å². The van der Waals surface area contributed by atoms with Crippen molar-refractivity contribution in [2.24, 2.45) is 0 Å². The number of hydrogen-bond acceptors (Lipinski definition) is 2. The number of alkyl halides is 1. The van der Waals surface area contributed by atoms with Gasteiger partial charge in [-0.05, 0) is 43.5 Å². The Bertz CT molecular complexity index is 361. The van der Waals surface area contributed by atoms with Gasteiger partial charge in [0.2, 0.25) is 0 Å². The maximum atomic E-state index is 12.8. The molecule has 0 aromatic heterocycles. The Hall–Kier alpha value is -1.09. The minimum atomic E-state index is -0.463. The molecule has 0 aliphatic carbocycles. The van der Waals surface area contributed by atoms with Gasteiger partial charge >= 0.3 is 0 Å². The highest BCUT2D eigenvalue weighted by Gasteiger charge is 2.13. The van der Waals surface area contributed by atoms with Crippen LogP contribution in [0.15, 0.2) is 18.2 Å². The van der Waals surface area contributed by atoms with E-state index in [1.54, 1.807) is 7.11 Å². The molecule has 1 aromatic rings. The summed E-state index contributed by atoms with van der Waals surface area (Å²) in [6, 6.07) is 6.38. The molecule has 0 amide bonds. The monoisotopic (exact) mass is 237 g/mol. The summed E-state index contributed by atoms with van der Waals surface area (Å²) < 4.78 is 18.0. The Balaban J connectivity index is 2.05. The summed E-state index contributed by atoms with van der Waals surface area (Å²) in [4.78, 5) is 0. The van der Waals surface area contributed by atoms with Crippen molar-refractivity contribution in [1.29, 1.82) is 0 Å². The zero-order valence-electron chi connectivity index (χ0n) is 10.3. The van der Waals surface area contributed by atoms with Gasteiger partial charge in [-0.1, -0.05) is 12.5 Å². The smallest absolute Gasteiger partial charge is 0.124 e. The fourth-order valence-electron chi connectivity index (χ4n) is 2.45. The van der Waals surface area contributed by atoms with E-state index in [2.05, 4.69) is 5.32 Å². The number of halogens is 1. The first kappa shape index (κ1) is 12.4. The molecule has 1 aliphatic heterocycles. The van der Waals surface area contributed by atoms with Crippen LogP contribution >= 0.6 is 0 Å². The fourth-order valence-corrected chi connectivity index (χ4v) is 2.45. The van der Waals surface area contributed by atoms with Crippen LogP contribution in [0.2, 0.25) is 0 Å². The van der Waals surface area contributed by atoms with E-state index in [4.69, 9.17) is 4.74 Å². The summed E-state index contributed by atoms with van der Waals surface area (Å²) in [5, 5.41) is 3.51. The summed E-state index contributed by atoms with van der Waals surface area (Å²) in [5.74, 6) is 0.646. The van der Waals surface area contributed by atoms with E-state index in [0.29, 0.717) is 17.4 Å². The van der Waals surface area contributed by atoms with Crippen LogP contribution in [0.1, 0.15) is 30.4 Å². The standard InChI is InChI=1S/C14H20FNO/c1-17-14-6-5-11(8-12(14)10-15)9-13-4-2-3-7-16-13/h5-6,8,13,16H,2-4,7,9-10H2,1H3. The van der Waals surface area contributed by atoms with Gasteiger partial charge in [-0.25, -0.2) is 4.39 Å². The van der Waals surface area contributed by atoms with Crippen LogP contribution in [0.4, 0.5) is 4.39 Å². The molecule has 0 radical (unpaired) electrons. The average Bonchev–Trinajstić information content (AvgIpc) is 2.40. The Morgan fingerprint density at radius 2 is 2.29 bits per heavy atom. The third-order valence-corrected chi connectivity index (χ3v) is 3.38. The lowest BCUT2D eigenvalue weighted by atomic mass is 9.97. The number of nitrogens with one attached hydrogen (secondary N) is 1. The largest absolute Gasteiger partial charge is 0.496 e. The third-order valence-electron chi connectivity index (χ3n) is 3.38. The molecule has 1 atom stereocenters. The van der Waals surface area contributed by atoms with Gasteiger partial charge in [0.15, 0.2) is 0 Å². The number of ether oxygens (including phenoxy) is 1. The fraction of sp³-hybridized carbons (Fsp3) is 0.571. The summed E-state index contributed by atoms with van der Waals surface area (Å²) in [6.07, 6.45) is 4.77. The molecule has 1 saturated heterocycles. The van der Waals surface area contributed by atoms with Crippen LogP contribution in [-0.4, -0.2) is 19.7 Å². The SMILES string of the molecule is COc1ccc(CC2CCCCN2)cc1CF. The maximum Gasteiger partial charge on any atom is 0.124 e. The van der Waals surface area contributed by atoms with Crippen LogP contribution < -0.4 is 10.1 Å². The van der Waals surface area contributed by atoms with Gasteiger partial charge in [-0.15, -0.1) is 0 Å². The van der Waals surface area contributed by atoms with Gasteiger partial charge in [0.25, 0.3) is 0 Å². The van der Waals surface area contributed by atoms with Gasteiger partial charge in [0.05, 0.1) is 7.11 Å². The van der Waals surface area contributed by atoms with Gasteiger partial charge in [-0.2, -0.15) is 0 Å². The van der Waals surface area contributed by atoms with Crippen LogP contribution in [-0.2, 0) is 13.1 Å². The molecule has 17 heavy (non-hydrogen) atoms. The Kier molecular flexibility index (Phi) is 4.37. The van der Waals surface area contributed by atoms with Crippen molar-refractivity contribution >= 4 is 0 Å². The minimum absolute atomic E-state index is 0.463. The summed E-state index contributed by atoms with van der Waals surface area (Å²) in [7, 11) is 1.58. The van der Waals surface area contributed by atoms with Crippen molar-refractivity contribution in [3.63, 3.8) is 0 Å². The Morgan fingerprint density at radius 3 is 2.94 bits per heavy atom. The molecule has 1 heterocycles. The van der Waals surface area contributed by atoms with Crippen LogP contribution in [0.3, 0.4) is 0 Å². The summed E-state index contributed by atoms with van der Waals surface area (Å²) in [6.45, 7) is 0.645. The van der Waals surface area contributed by atoms with E-state index in [0.717, 1.165) is 13.0 Å². The molecule has 0 spiro atoms. The van der Waals surface area contributed by atoms with Crippen molar-refractivity contribution < 1.29 is 9.13 Å². The van der Waals surface area contributed by atoms with Crippen molar-refractivity contribution in [2.45, 2.75) is 38.4 Å². The van der Waals surface area contributed by atoms with Gasteiger partial charge < -0.3 is 10.1 Å². The second-order valence-corrected chi connectivity index (χ2v) is 4.63. The molecular formula is C14H20FNO. The molecule has 1 fully saturated rings. The average molecular weight is 237 g/mol. The number of rotatable bonds is 4. The zero-order valence-corrected chi connectivity index (χ0v) is 10.3. The lowest BCUT2D eigenvalue weighted by Gasteiger charge is -2.23. The second kappa shape index (κ2) is 6.01. The zero-order chi connectivity index (χ0) is 12.1. The van der Waals surface area contributed by atoms with E-state index >= 15 is 0 Å². The predicted octanol–water partition coefficient (Wildman–Crippen LogP) is 2.85. The molecule has 1 unspecified atom stereocenters. The van der Waals surface area contributed by atoms with Crippen molar-refractivity contribution in [3.05, 3.63) is 29.3 Å². The Labute approximate surface area is 102 Å². The molecule has 0 bridgehead atoms. The molecule has 1 aliphatic rings. The molecule has 0 saturated carbocycles. The first-order chi connectivity index (χ1) is 8.33. The highest BCUT2D eigenvalue weighted by molar-refractivity contribution is 5.37. The van der Waals surface area contributed by atoms with E-state index in [1.807, 2.05) is 18.2 Å². The quantitative estimate of drug-likeness (QED) is 0.869. The molecule has 2 nitrogen and oxygen atoms in total. The van der Waals surface area contributed by atoms with Crippen molar-refractivity contribution in [3.8, 4) is 5.75 Å². The topological polar surface area (TPSA) is 21.3 Å². The lowest BCUT2D eigenvalue weighted by molar-refractivity contribution is 0.390. The number of methoxy groups -OCH3 is 1. The Morgan fingerprint density at radius 1 is 1.41 bits per heavy atom. The number of piperidine rings is 1. The van der Waals surface area contributed by atoms with Gasteiger partial charge in [0, 0.05) is 11.6 Å². The minimum Gasteiger partial charge on any atom is -0.496 e. The maximum absolute atomic E-state index is 12.8. The third kappa shape index (κ3) is 3.19. The predicted molar refractivity (Wildman–Crippen MR) is 67.2 cm³/mol. The molecular weight excluding hydrogens is 217 g/mol. The molecule has 1 aromatic carbocycles. The first-order valence-electron chi connectivity index (χ1n) is 6.28. The molecule has 1 N–H and O–H groups in total. The van der Waals surface area contributed by atoms with Crippen molar-refractivity contribution in [1.82, 2.24) is 5.32 Å². The normalized spacial score (nSPS) is 20.2. The lowest BCUT2D eigenvalue weighted by Crippen LogP contribution is -2.35. The molecule has 2 rings (SSSR count). The summed E-state index contributed by atoms with van der Waals surface area (Å²) in [5.41, 5.74) is 1.85.